The molecule has 2 N–H and O–H groups in total. The van der Waals surface area contributed by atoms with Crippen molar-refractivity contribution in [2.24, 2.45) is 5.41 Å². The summed E-state index contributed by atoms with van der Waals surface area (Å²) in [5.74, 6) is 0.590. The van der Waals surface area contributed by atoms with Gasteiger partial charge in [0.2, 0.25) is 0 Å². The average molecular weight is 276 g/mol. The number of carbonyl (C=O) groups excluding carboxylic acids is 1. The fourth-order valence-electron chi connectivity index (χ4n) is 2.62. The lowest BCUT2D eigenvalue weighted by molar-refractivity contribution is 0.0930. The fourth-order valence-corrected chi connectivity index (χ4v) is 2.62. The highest BCUT2D eigenvalue weighted by molar-refractivity contribution is 5.92. The van der Waals surface area contributed by atoms with Gasteiger partial charge in [-0.05, 0) is 43.2 Å². The molecule has 20 heavy (non-hydrogen) atoms. The zero-order valence-corrected chi connectivity index (χ0v) is 12.6. The molecule has 1 aliphatic carbocycles. The van der Waals surface area contributed by atoms with E-state index in [1.54, 1.807) is 12.1 Å². The van der Waals surface area contributed by atoms with E-state index in [0.717, 1.165) is 32.2 Å². The third kappa shape index (κ3) is 3.92. The van der Waals surface area contributed by atoms with Crippen molar-refractivity contribution in [1.29, 1.82) is 0 Å². The van der Waals surface area contributed by atoms with Crippen LogP contribution in [0, 0.1) is 5.41 Å². The van der Waals surface area contributed by atoms with E-state index in [4.69, 9.17) is 0 Å². The van der Waals surface area contributed by atoms with Gasteiger partial charge in [0.25, 0.3) is 5.91 Å². The van der Waals surface area contributed by atoms with Crippen LogP contribution in [0.5, 0.6) is 0 Å². The first kappa shape index (κ1) is 14.8. The van der Waals surface area contributed by atoms with Crippen molar-refractivity contribution >= 4 is 11.7 Å². The van der Waals surface area contributed by atoms with Gasteiger partial charge in [-0.1, -0.05) is 20.8 Å². The summed E-state index contributed by atoms with van der Waals surface area (Å²) in [4.78, 5) is 12.1. The number of nitrogens with one attached hydrogen (secondary N) is 2. The molecule has 1 unspecified atom stereocenters. The van der Waals surface area contributed by atoms with Crippen LogP contribution in [0.15, 0.2) is 12.1 Å². The van der Waals surface area contributed by atoms with Crippen molar-refractivity contribution in [3.63, 3.8) is 0 Å². The minimum absolute atomic E-state index is 0.123. The second kappa shape index (κ2) is 6.20. The number of anilines is 1. The van der Waals surface area contributed by atoms with Gasteiger partial charge in [0.15, 0.2) is 5.69 Å². The molecule has 2 rings (SSSR count). The summed E-state index contributed by atoms with van der Waals surface area (Å²) >= 11 is 0. The van der Waals surface area contributed by atoms with Gasteiger partial charge in [0.1, 0.15) is 5.82 Å². The number of amides is 1. The molecule has 0 radical (unpaired) electrons. The van der Waals surface area contributed by atoms with Crippen LogP contribution in [0.25, 0.3) is 0 Å². The van der Waals surface area contributed by atoms with Gasteiger partial charge in [-0.15, -0.1) is 10.2 Å². The topological polar surface area (TPSA) is 66.9 Å². The molecule has 1 fully saturated rings. The fraction of sp³-hybridized carbons (Fsp3) is 0.667. The molecule has 0 bridgehead atoms. The van der Waals surface area contributed by atoms with Crippen LogP contribution < -0.4 is 10.6 Å². The van der Waals surface area contributed by atoms with Crippen molar-refractivity contribution in [2.75, 3.05) is 11.9 Å². The molecule has 110 valence electrons. The van der Waals surface area contributed by atoms with E-state index in [-0.39, 0.29) is 11.9 Å². The lowest BCUT2D eigenvalue weighted by Crippen LogP contribution is -2.34. The normalized spacial score (nSPS) is 20.6. The molecule has 0 spiro atoms. The summed E-state index contributed by atoms with van der Waals surface area (Å²) in [7, 11) is 0. The van der Waals surface area contributed by atoms with Crippen LogP contribution in [-0.2, 0) is 0 Å². The Balaban J connectivity index is 1.89. The molecular weight excluding hydrogens is 252 g/mol. The van der Waals surface area contributed by atoms with Crippen LogP contribution in [0.3, 0.4) is 0 Å². The smallest absolute Gasteiger partial charge is 0.272 e. The number of hydrogen-bond acceptors (Lipinski definition) is 4. The van der Waals surface area contributed by atoms with Crippen molar-refractivity contribution in [1.82, 2.24) is 15.5 Å². The number of hydrogen-bond donors (Lipinski definition) is 2. The van der Waals surface area contributed by atoms with Gasteiger partial charge in [0, 0.05) is 12.6 Å². The van der Waals surface area contributed by atoms with E-state index in [2.05, 4.69) is 41.6 Å². The Morgan fingerprint density at radius 2 is 2.20 bits per heavy atom. The maximum Gasteiger partial charge on any atom is 0.272 e. The average Bonchev–Trinajstić information content (AvgIpc) is 2.76. The van der Waals surface area contributed by atoms with Gasteiger partial charge < -0.3 is 10.6 Å². The summed E-state index contributed by atoms with van der Waals surface area (Å²) in [6.45, 7) is 7.43. The van der Waals surface area contributed by atoms with E-state index < -0.39 is 0 Å². The Kier molecular flexibility index (Phi) is 4.57. The van der Waals surface area contributed by atoms with Crippen LogP contribution in [0.2, 0.25) is 0 Å². The molecule has 5 nitrogen and oxygen atoms in total. The Bertz CT molecular complexity index is 455. The minimum Gasteiger partial charge on any atom is -0.369 e. The zero-order valence-electron chi connectivity index (χ0n) is 12.6. The van der Waals surface area contributed by atoms with Crippen LogP contribution in [0.4, 0.5) is 5.82 Å². The highest BCUT2D eigenvalue weighted by atomic mass is 16.2. The van der Waals surface area contributed by atoms with Crippen LogP contribution in [-0.4, -0.2) is 28.7 Å². The molecule has 0 aromatic carbocycles. The minimum atomic E-state index is -0.123. The van der Waals surface area contributed by atoms with E-state index in [1.807, 2.05) is 0 Å². The monoisotopic (exact) mass is 276 g/mol. The summed E-state index contributed by atoms with van der Waals surface area (Å²) in [5, 5.41) is 14.2. The highest BCUT2D eigenvalue weighted by Crippen LogP contribution is 2.36. The quantitative estimate of drug-likeness (QED) is 0.867. The first-order valence-corrected chi connectivity index (χ1v) is 7.38. The van der Waals surface area contributed by atoms with Crippen LogP contribution >= 0.6 is 0 Å². The summed E-state index contributed by atoms with van der Waals surface area (Å²) in [6.07, 6.45) is 4.26. The molecule has 0 saturated heterocycles. The van der Waals surface area contributed by atoms with Crippen LogP contribution in [0.1, 0.15) is 56.9 Å². The Morgan fingerprint density at radius 3 is 2.75 bits per heavy atom. The standard InChI is InChI=1S/C15H24N4O/c1-4-9-16-13-6-5-12(18-19-13)14(20)17-11-7-8-15(2,3)10-11/h5-6,11H,4,7-10H2,1-3H3,(H,16,19)(H,17,20). The molecule has 1 aliphatic rings. The zero-order chi connectivity index (χ0) is 14.6. The predicted molar refractivity (Wildman–Crippen MR) is 79.7 cm³/mol. The largest absolute Gasteiger partial charge is 0.369 e. The second-order valence-electron chi connectivity index (χ2n) is 6.31. The maximum atomic E-state index is 12.1. The molecular formula is C15H24N4O. The molecule has 1 heterocycles. The molecule has 1 aromatic rings. The molecule has 5 heteroatoms. The van der Waals surface area contributed by atoms with Gasteiger partial charge >= 0.3 is 0 Å². The number of rotatable bonds is 5. The molecule has 1 amide bonds. The van der Waals surface area contributed by atoms with E-state index in [0.29, 0.717) is 16.9 Å². The summed E-state index contributed by atoms with van der Waals surface area (Å²) < 4.78 is 0. The van der Waals surface area contributed by atoms with Gasteiger partial charge in [-0.25, -0.2) is 0 Å². The number of aromatic nitrogens is 2. The lowest BCUT2D eigenvalue weighted by Gasteiger charge is -2.17. The van der Waals surface area contributed by atoms with E-state index in [1.165, 1.54) is 0 Å². The van der Waals surface area contributed by atoms with E-state index >= 15 is 0 Å². The predicted octanol–water partition coefficient (Wildman–Crippen LogP) is 2.61. The maximum absolute atomic E-state index is 12.1. The first-order chi connectivity index (χ1) is 9.50. The van der Waals surface area contributed by atoms with Crippen molar-refractivity contribution in [3.05, 3.63) is 17.8 Å². The van der Waals surface area contributed by atoms with Gasteiger partial charge in [-0.3, -0.25) is 4.79 Å². The number of nitrogens with zero attached hydrogens (tertiary/aromatic N) is 2. The lowest BCUT2D eigenvalue weighted by atomic mass is 9.92. The Hall–Kier alpha value is -1.65. The van der Waals surface area contributed by atoms with Crippen molar-refractivity contribution in [2.45, 2.75) is 52.5 Å². The molecule has 1 aromatic heterocycles. The third-order valence-electron chi connectivity index (χ3n) is 3.76. The second-order valence-corrected chi connectivity index (χ2v) is 6.31. The van der Waals surface area contributed by atoms with Gasteiger partial charge in [0.05, 0.1) is 0 Å². The molecule has 1 saturated carbocycles. The molecule has 0 aliphatic heterocycles. The molecule has 1 atom stereocenters. The van der Waals surface area contributed by atoms with Crippen molar-refractivity contribution < 1.29 is 4.79 Å². The highest BCUT2D eigenvalue weighted by Gasteiger charge is 2.31. The first-order valence-electron chi connectivity index (χ1n) is 7.38. The Labute approximate surface area is 120 Å². The number of carbonyl (C=O) groups is 1. The van der Waals surface area contributed by atoms with E-state index in [9.17, 15) is 4.79 Å². The summed E-state index contributed by atoms with van der Waals surface area (Å²) in [5.41, 5.74) is 0.717. The Morgan fingerprint density at radius 1 is 1.40 bits per heavy atom. The van der Waals surface area contributed by atoms with Gasteiger partial charge in [-0.2, -0.15) is 0 Å². The third-order valence-corrected chi connectivity index (χ3v) is 3.76. The summed E-state index contributed by atoms with van der Waals surface area (Å²) in [6, 6.07) is 3.79. The SMILES string of the molecule is CCCNc1ccc(C(=O)NC2CCC(C)(C)C2)nn1. The van der Waals surface area contributed by atoms with Crippen molar-refractivity contribution in [3.8, 4) is 0 Å².